The first-order valence-corrected chi connectivity index (χ1v) is 12.1. The molecule has 2 aromatic carbocycles. The molecule has 8 nitrogen and oxygen atoms in total. The van der Waals surface area contributed by atoms with Gasteiger partial charge in [0.15, 0.2) is 0 Å². The van der Waals surface area contributed by atoms with E-state index in [1.54, 1.807) is 17.0 Å². The molecular formula is C23H27N3O5S. The average molecular weight is 458 g/mol. The summed E-state index contributed by atoms with van der Waals surface area (Å²) < 4.78 is 32.1. The Hall–Kier alpha value is -2.75. The summed E-state index contributed by atoms with van der Waals surface area (Å²) in [5, 5.41) is 2.81. The highest BCUT2D eigenvalue weighted by Gasteiger charge is 2.35. The predicted molar refractivity (Wildman–Crippen MR) is 121 cm³/mol. The molecule has 0 saturated carbocycles. The Morgan fingerprint density at radius 1 is 1.03 bits per heavy atom. The summed E-state index contributed by atoms with van der Waals surface area (Å²) in [4.78, 5) is 27.1. The van der Waals surface area contributed by atoms with E-state index >= 15 is 0 Å². The minimum Gasteiger partial charge on any atom is -0.379 e. The lowest BCUT2D eigenvalue weighted by atomic mass is 10.1. The molecule has 4 rings (SSSR count). The number of nitrogens with one attached hydrogen (secondary N) is 1. The van der Waals surface area contributed by atoms with Gasteiger partial charge in [-0.05, 0) is 61.4 Å². The van der Waals surface area contributed by atoms with Gasteiger partial charge in [0.25, 0.3) is 0 Å². The van der Waals surface area contributed by atoms with Crippen molar-refractivity contribution in [2.24, 2.45) is 5.92 Å². The molecule has 2 aliphatic rings. The summed E-state index contributed by atoms with van der Waals surface area (Å²) >= 11 is 0. The Kier molecular flexibility index (Phi) is 6.32. The maximum atomic E-state index is 12.8. The van der Waals surface area contributed by atoms with Crippen LogP contribution in [0.25, 0.3) is 0 Å². The van der Waals surface area contributed by atoms with E-state index in [9.17, 15) is 18.0 Å². The number of ether oxygens (including phenoxy) is 1. The Morgan fingerprint density at radius 3 is 2.38 bits per heavy atom. The van der Waals surface area contributed by atoms with E-state index in [0.717, 1.165) is 16.8 Å². The second-order valence-corrected chi connectivity index (χ2v) is 10.1. The largest absolute Gasteiger partial charge is 0.379 e. The molecule has 1 N–H and O–H groups in total. The number of rotatable bonds is 5. The fourth-order valence-corrected chi connectivity index (χ4v) is 5.32. The molecular weight excluding hydrogens is 430 g/mol. The fourth-order valence-electron chi connectivity index (χ4n) is 3.92. The summed E-state index contributed by atoms with van der Waals surface area (Å²) in [5.74, 6) is -0.810. The molecule has 1 atom stereocenters. The molecule has 32 heavy (non-hydrogen) atoms. The highest BCUT2D eigenvalue weighted by Crippen LogP contribution is 2.28. The molecule has 1 unspecified atom stereocenters. The smallest absolute Gasteiger partial charge is 0.243 e. The second-order valence-electron chi connectivity index (χ2n) is 8.20. The van der Waals surface area contributed by atoms with Gasteiger partial charge in [-0.15, -0.1) is 0 Å². The van der Waals surface area contributed by atoms with Crippen LogP contribution in [-0.4, -0.2) is 57.4 Å². The average Bonchev–Trinajstić information content (AvgIpc) is 3.18. The van der Waals surface area contributed by atoms with Crippen LogP contribution >= 0.6 is 0 Å². The molecule has 0 spiro atoms. The number of carbonyl (C=O) groups excluding carboxylic acids is 2. The standard InChI is InChI=1S/C23H27N3O5S/c1-16-3-6-20(13-17(16)2)26-15-18(14-22(26)27)23(28)24-19-4-7-21(8-5-19)32(29,30)25-9-11-31-12-10-25/h3-8,13,18H,9-12,14-15H2,1-2H3,(H,24,28). The molecule has 2 amide bonds. The van der Waals surface area contributed by atoms with Crippen molar-refractivity contribution in [2.75, 3.05) is 43.1 Å². The van der Waals surface area contributed by atoms with Crippen LogP contribution in [-0.2, 0) is 24.3 Å². The van der Waals surface area contributed by atoms with E-state index in [0.29, 0.717) is 38.5 Å². The molecule has 2 heterocycles. The first kappa shape index (κ1) is 22.4. The van der Waals surface area contributed by atoms with Gasteiger partial charge in [-0.1, -0.05) is 6.07 Å². The van der Waals surface area contributed by atoms with Crippen molar-refractivity contribution in [3.63, 3.8) is 0 Å². The fraction of sp³-hybridized carbons (Fsp3) is 0.391. The van der Waals surface area contributed by atoms with Gasteiger partial charge in [-0.2, -0.15) is 4.31 Å². The van der Waals surface area contributed by atoms with E-state index in [-0.39, 0.29) is 23.1 Å². The van der Waals surface area contributed by atoms with Crippen LogP contribution in [0.4, 0.5) is 11.4 Å². The maximum absolute atomic E-state index is 12.8. The predicted octanol–water partition coefficient (Wildman–Crippen LogP) is 2.32. The molecule has 0 radical (unpaired) electrons. The summed E-state index contributed by atoms with van der Waals surface area (Å²) in [5.41, 5.74) is 3.53. The van der Waals surface area contributed by atoms with Crippen LogP contribution < -0.4 is 10.2 Å². The minimum absolute atomic E-state index is 0.0830. The summed E-state index contributed by atoms with van der Waals surface area (Å²) in [6.07, 6.45) is 0.141. The van der Waals surface area contributed by atoms with Crippen LogP contribution in [0.3, 0.4) is 0 Å². The van der Waals surface area contributed by atoms with Gasteiger partial charge < -0.3 is 15.0 Å². The summed E-state index contributed by atoms with van der Waals surface area (Å²) in [7, 11) is -3.59. The highest BCUT2D eigenvalue weighted by atomic mass is 32.2. The second kappa shape index (κ2) is 9.01. The van der Waals surface area contributed by atoms with Crippen molar-refractivity contribution >= 4 is 33.2 Å². The Bertz CT molecular complexity index is 1120. The number of aryl methyl sites for hydroxylation is 2. The summed E-state index contributed by atoms with van der Waals surface area (Å²) in [6, 6.07) is 11.9. The van der Waals surface area contributed by atoms with Gasteiger partial charge in [-0.3, -0.25) is 9.59 Å². The zero-order valence-corrected chi connectivity index (χ0v) is 19.0. The van der Waals surface area contributed by atoms with E-state index in [2.05, 4.69) is 5.32 Å². The van der Waals surface area contributed by atoms with E-state index < -0.39 is 15.9 Å². The van der Waals surface area contributed by atoms with Crippen molar-refractivity contribution in [3.8, 4) is 0 Å². The van der Waals surface area contributed by atoms with Gasteiger partial charge in [0.2, 0.25) is 21.8 Å². The Balaban J connectivity index is 1.41. The van der Waals surface area contributed by atoms with Crippen LogP contribution in [0.15, 0.2) is 47.4 Å². The Labute approximate surface area is 188 Å². The lowest BCUT2D eigenvalue weighted by Gasteiger charge is -2.26. The zero-order valence-electron chi connectivity index (χ0n) is 18.2. The molecule has 0 bridgehead atoms. The molecule has 2 saturated heterocycles. The van der Waals surface area contributed by atoms with Gasteiger partial charge in [0.05, 0.1) is 24.0 Å². The molecule has 2 fully saturated rings. The van der Waals surface area contributed by atoms with Crippen molar-refractivity contribution in [1.29, 1.82) is 0 Å². The van der Waals surface area contributed by atoms with Crippen molar-refractivity contribution in [3.05, 3.63) is 53.6 Å². The SMILES string of the molecule is Cc1ccc(N2CC(C(=O)Nc3ccc(S(=O)(=O)N4CCOCC4)cc3)CC2=O)cc1C. The lowest BCUT2D eigenvalue weighted by Crippen LogP contribution is -2.40. The number of nitrogens with zero attached hydrogens (tertiary/aromatic N) is 2. The van der Waals surface area contributed by atoms with Gasteiger partial charge in [0.1, 0.15) is 0 Å². The number of morpholine rings is 1. The number of hydrogen-bond acceptors (Lipinski definition) is 5. The van der Waals surface area contributed by atoms with E-state index in [1.165, 1.54) is 16.4 Å². The number of carbonyl (C=O) groups is 2. The van der Waals surface area contributed by atoms with E-state index in [4.69, 9.17) is 4.74 Å². The van der Waals surface area contributed by atoms with Crippen LogP contribution in [0, 0.1) is 19.8 Å². The molecule has 2 aliphatic heterocycles. The number of sulfonamides is 1. The third kappa shape index (κ3) is 4.55. The zero-order chi connectivity index (χ0) is 22.9. The lowest BCUT2D eigenvalue weighted by molar-refractivity contribution is -0.122. The molecule has 0 aromatic heterocycles. The van der Waals surface area contributed by atoms with Crippen LogP contribution in [0.5, 0.6) is 0 Å². The van der Waals surface area contributed by atoms with Crippen LogP contribution in [0.1, 0.15) is 17.5 Å². The summed E-state index contributed by atoms with van der Waals surface area (Å²) in [6.45, 7) is 5.74. The first-order chi connectivity index (χ1) is 15.3. The normalized spacial score (nSPS) is 19.9. The number of amides is 2. The topological polar surface area (TPSA) is 96.0 Å². The third-order valence-corrected chi connectivity index (χ3v) is 7.94. The molecule has 2 aromatic rings. The number of hydrogen-bond donors (Lipinski definition) is 1. The molecule has 9 heteroatoms. The van der Waals surface area contributed by atoms with Gasteiger partial charge in [-0.25, -0.2) is 8.42 Å². The highest BCUT2D eigenvalue weighted by molar-refractivity contribution is 7.89. The van der Waals surface area contributed by atoms with E-state index in [1.807, 2.05) is 32.0 Å². The quantitative estimate of drug-likeness (QED) is 0.743. The molecule has 170 valence electrons. The third-order valence-electron chi connectivity index (χ3n) is 6.03. The number of anilines is 2. The number of benzene rings is 2. The Morgan fingerprint density at radius 2 is 1.72 bits per heavy atom. The van der Waals surface area contributed by atoms with Gasteiger partial charge >= 0.3 is 0 Å². The minimum atomic E-state index is -3.59. The van der Waals surface area contributed by atoms with Crippen molar-refractivity contribution < 1.29 is 22.7 Å². The first-order valence-electron chi connectivity index (χ1n) is 10.6. The maximum Gasteiger partial charge on any atom is 0.243 e. The molecule has 0 aliphatic carbocycles. The van der Waals surface area contributed by atoms with Gasteiger partial charge in [0, 0.05) is 37.4 Å². The van der Waals surface area contributed by atoms with Crippen molar-refractivity contribution in [2.45, 2.75) is 25.2 Å². The monoisotopic (exact) mass is 457 g/mol. The van der Waals surface area contributed by atoms with Crippen LogP contribution in [0.2, 0.25) is 0 Å². The van der Waals surface area contributed by atoms with Crippen molar-refractivity contribution in [1.82, 2.24) is 4.31 Å².